The Hall–Kier alpha value is -2.85. The van der Waals surface area contributed by atoms with Crippen LogP contribution in [0.3, 0.4) is 0 Å². The smallest absolute Gasteiger partial charge is 0.267 e. The minimum absolute atomic E-state index is 0.0168. The number of hydrogen-bond donors (Lipinski definition) is 3. The second-order valence-corrected chi connectivity index (χ2v) is 6.49. The average molecular weight is 349 g/mol. The van der Waals surface area contributed by atoms with Gasteiger partial charge in [0.1, 0.15) is 5.69 Å². The molecule has 1 aromatic carbocycles. The molecule has 0 aliphatic carbocycles. The fraction of sp³-hybridized carbons (Fsp3) is 0.143. The number of carbonyl (C=O) groups excluding carboxylic acids is 2. The van der Waals surface area contributed by atoms with Crippen LogP contribution < -0.4 is 16.0 Å². The topological polar surface area (TPSA) is 144 Å². The van der Waals surface area contributed by atoms with Gasteiger partial charge in [0.2, 0.25) is 10.0 Å². The summed E-state index contributed by atoms with van der Waals surface area (Å²) in [5.41, 5.74) is 5.44. The van der Waals surface area contributed by atoms with E-state index in [1.165, 1.54) is 24.7 Å². The van der Waals surface area contributed by atoms with Crippen LogP contribution in [0.2, 0.25) is 0 Å². The molecular weight excluding hydrogens is 334 g/mol. The normalized spacial score (nSPS) is 11.0. The molecule has 2 aromatic rings. The summed E-state index contributed by atoms with van der Waals surface area (Å²) in [6, 6.07) is 2.65. The summed E-state index contributed by atoms with van der Waals surface area (Å²) in [7, 11) is -3.97. The molecule has 0 aliphatic heterocycles. The van der Waals surface area contributed by atoms with Crippen LogP contribution in [0.25, 0.3) is 0 Å². The van der Waals surface area contributed by atoms with Gasteiger partial charge in [0.05, 0.1) is 11.1 Å². The Labute approximate surface area is 138 Å². The minimum atomic E-state index is -3.97. The highest BCUT2D eigenvalue weighted by atomic mass is 32.2. The number of aromatic nitrogens is 2. The second-order valence-electron chi connectivity index (χ2n) is 4.96. The van der Waals surface area contributed by atoms with E-state index in [4.69, 9.17) is 5.14 Å². The zero-order chi connectivity index (χ0) is 17.9. The standard InChI is InChI=1S/C14H15N5O4S/c1-8-5-10(6-12(9(8)2)24(15,22)23)13(20)18-19-14(21)11-7-16-3-4-17-11/h3-7H,1-2H3,(H,18,20)(H,19,21)(H2,15,22,23). The van der Waals surface area contributed by atoms with E-state index in [0.29, 0.717) is 11.1 Å². The Bertz CT molecular complexity index is 897. The monoisotopic (exact) mass is 349 g/mol. The van der Waals surface area contributed by atoms with E-state index in [1.54, 1.807) is 13.8 Å². The Kier molecular flexibility index (Phi) is 4.90. The van der Waals surface area contributed by atoms with Crippen LogP contribution in [0.5, 0.6) is 0 Å². The van der Waals surface area contributed by atoms with Gasteiger partial charge in [-0.1, -0.05) is 0 Å². The van der Waals surface area contributed by atoms with Gasteiger partial charge in [0.15, 0.2) is 0 Å². The second kappa shape index (κ2) is 6.72. The molecule has 9 nitrogen and oxygen atoms in total. The highest BCUT2D eigenvalue weighted by Gasteiger charge is 2.18. The van der Waals surface area contributed by atoms with Gasteiger partial charge in [0.25, 0.3) is 11.8 Å². The van der Waals surface area contributed by atoms with E-state index in [1.807, 2.05) is 0 Å². The Balaban J connectivity index is 2.19. The molecule has 2 amide bonds. The molecule has 0 aliphatic rings. The first kappa shape index (κ1) is 17.5. The number of hydrazine groups is 1. The van der Waals surface area contributed by atoms with Crippen LogP contribution in [0.4, 0.5) is 0 Å². The molecule has 10 heteroatoms. The highest BCUT2D eigenvalue weighted by Crippen LogP contribution is 2.19. The molecule has 0 radical (unpaired) electrons. The number of primary sulfonamides is 1. The lowest BCUT2D eigenvalue weighted by molar-refractivity contribution is 0.0843. The molecule has 0 bridgehead atoms. The number of nitrogens with one attached hydrogen (secondary N) is 2. The summed E-state index contributed by atoms with van der Waals surface area (Å²) in [6.45, 7) is 3.24. The number of hydrogen-bond acceptors (Lipinski definition) is 6. The number of benzene rings is 1. The van der Waals surface area contributed by atoms with Gasteiger partial charge >= 0.3 is 0 Å². The summed E-state index contributed by atoms with van der Waals surface area (Å²) >= 11 is 0. The Morgan fingerprint density at radius 2 is 1.75 bits per heavy atom. The number of carbonyl (C=O) groups is 2. The van der Waals surface area contributed by atoms with Gasteiger partial charge in [-0.25, -0.2) is 18.5 Å². The molecule has 0 spiro atoms. The van der Waals surface area contributed by atoms with E-state index >= 15 is 0 Å². The lowest BCUT2D eigenvalue weighted by atomic mass is 10.1. The number of nitrogens with two attached hydrogens (primary N) is 1. The molecule has 0 saturated carbocycles. The average Bonchev–Trinajstić information content (AvgIpc) is 2.54. The lowest BCUT2D eigenvalue weighted by Gasteiger charge is -2.11. The van der Waals surface area contributed by atoms with Crippen molar-refractivity contribution >= 4 is 21.8 Å². The summed E-state index contributed by atoms with van der Waals surface area (Å²) in [5.74, 6) is -1.35. The Morgan fingerprint density at radius 3 is 2.33 bits per heavy atom. The summed E-state index contributed by atoms with van der Waals surface area (Å²) in [6.07, 6.45) is 3.97. The lowest BCUT2D eigenvalue weighted by Crippen LogP contribution is -2.42. The van der Waals surface area contributed by atoms with E-state index in [2.05, 4.69) is 20.8 Å². The first-order valence-electron chi connectivity index (χ1n) is 6.71. The maximum absolute atomic E-state index is 12.1. The van der Waals surface area contributed by atoms with Gasteiger partial charge < -0.3 is 0 Å². The van der Waals surface area contributed by atoms with Crippen LogP contribution in [-0.2, 0) is 10.0 Å². The van der Waals surface area contributed by atoms with E-state index < -0.39 is 21.8 Å². The largest absolute Gasteiger partial charge is 0.289 e. The molecule has 24 heavy (non-hydrogen) atoms. The maximum Gasteiger partial charge on any atom is 0.289 e. The number of rotatable bonds is 3. The van der Waals surface area contributed by atoms with Gasteiger partial charge in [-0.3, -0.25) is 25.4 Å². The Morgan fingerprint density at radius 1 is 1.08 bits per heavy atom. The zero-order valence-electron chi connectivity index (χ0n) is 12.9. The molecule has 1 aromatic heterocycles. The fourth-order valence-electron chi connectivity index (χ4n) is 1.92. The SMILES string of the molecule is Cc1cc(C(=O)NNC(=O)c2cnccn2)cc(S(N)(=O)=O)c1C. The molecular formula is C14H15N5O4S. The minimum Gasteiger partial charge on any atom is -0.267 e. The van der Waals surface area contributed by atoms with Crippen molar-refractivity contribution in [2.45, 2.75) is 18.7 Å². The maximum atomic E-state index is 12.1. The van der Waals surface area contributed by atoms with Crippen molar-refractivity contribution in [3.8, 4) is 0 Å². The van der Waals surface area contributed by atoms with Crippen molar-refractivity contribution in [1.82, 2.24) is 20.8 Å². The molecule has 126 valence electrons. The third kappa shape index (κ3) is 3.91. The van der Waals surface area contributed by atoms with E-state index in [0.717, 1.165) is 6.07 Å². The first-order valence-corrected chi connectivity index (χ1v) is 8.25. The molecule has 1 heterocycles. The third-order valence-corrected chi connectivity index (χ3v) is 4.31. The molecule has 4 N–H and O–H groups in total. The zero-order valence-corrected chi connectivity index (χ0v) is 13.7. The summed E-state index contributed by atoms with van der Waals surface area (Å²) in [5, 5.41) is 5.15. The third-order valence-electron chi connectivity index (χ3n) is 3.27. The quantitative estimate of drug-likeness (QED) is 0.655. The first-order chi connectivity index (χ1) is 11.2. The van der Waals surface area contributed by atoms with Gasteiger partial charge in [0, 0.05) is 18.0 Å². The number of sulfonamides is 1. The molecule has 0 atom stereocenters. The van der Waals surface area contributed by atoms with E-state index in [-0.39, 0.29) is 16.2 Å². The summed E-state index contributed by atoms with van der Waals surface area (Å²) < 4.78 is 23.2. The van der Waals surface area contributed by atoms with Gasteiger partial charge in [-0.15, -0.1) is 0 Å². The van der Waals surface area contributed by atoms with Gasteiger partial charge in [-0.05, 0) is 37.1 Å². The van der Waals surface area contributed by atoms with Crippen molar-refractivity contribution in [1.29, 1.82) is 0 Å². The van der Waals surface area contributed by atoms with Crippen molar-refractivity contribution in [3.05, 3.63) is 53.1 Å². The fourth-order valence-corrected chi connectivity index (χ4v) is 2.80. The predicted molar refractivity (Wildman–Crippen MR) is 84.3 cm³/mol. The van der Waals surface area contributed by atoms with Crippen molar-refractivity contribution in [2.24, 2.45) is 5.14 Å². The predicted octanol–water partition coefficient (Wildman–Crippen LogP) is -0.184. The number of nitrogens with zero attached hydrogens (tertiary/aromatic N) is 2. The molecule has 0 fully saturated rings. The highest BCUT2D eigenvalue weighted by molar-refractivity contribution is 7.89. The van der Waals surface area contributed by atoms with Crippen molar-refractivity contribution in [2.75, 3.05) is 0 Å². The number of amides is 2. The van der Waals surface area contributed by atoms with Crippen LogP contribution in [0.15, 0.2) is 35.6 Å². The molecule has 2 rings (SSSR count). The summed E-state index contributed by atoms with van der Waals surface area (Å²) in [4.78, 5) is 31.3. The van der Waals surface area contributed by atoms with Crippen molar-refractivity contribution in [3.63, 3.8) is 0 Å². The molecule has 0 unspecified atom stereocenters. The number of aryl methyl sites for hydroxylation is 1. The van der Waals surface area contributed by atoms with Crippen LogP contribution in [0, 0.1) is 13.8 Å². The van der Waals surface area contributed by atoms with Crippen LogP contribution in [-0.4, -0.2) is 30.2 Å². The van der Waals surface area contributed by atoms with Crippen molar-refractivity contribution < 1.29 is 18.0 Å². The van der Waals surface area contributed by atoms with Crippen LogP contribution >= 0.6 is 0 Å². The van der Waals surface area contributed by atoms with Crippen LogP contribution in [0.1, 0.15) is 32.0 Å². The molecule has 0 saturated heterocycles. The van der Waals surface area contributed by atoms with E-state index in [9.17, 15) is 18.0 Å². The van der Waals surface area contributed by atoms with Gasteiger partial charge in [-0.2, -0.15) is 0 Å².